The van der Waals surface area contributed by atoms with E-state index in [0.717, 1.165) is 0 Å². The third kappa shape index (κ3) is 9.86. The van der Waals surface area contributed by atoms with Gasteiger partial charge in [0.05, 0.1) is 37.6 Å². The number of carboxylic acids is 1. The van der Waals surface area contributed by atoms with Crippen LogP contribution in [0.5, 0.6) is 5.75 Å². The van der Waals surface area contributed by atoms with Gasteiger partial charge in [0.25, 0.3) is 0 Å². The predicted molar refractivity (Wildman–Crippen MR) is 95.0 cm³/mol. The summed E-state index contributed by atoms with van der Waals surface area (Å²) in [6.45, 7) is 11.1. The van der Waals surface area contributed by atoms with E-state index in [1.54, 1.807) is 12.1 Å². The van der Waals surface area contributed by atoms with Gasteiger partial charge in [-0.15, -0.1) is 0 Å². The van der Waals surface area contributed by atoms with E-state index in [0.29, 0.717) is 25.6 Å². The van der Waals surface area contributed by atoms with E-state index in [2.05, 4.69) is 6.58 Å². The normalized spacial score (nSPS) is 12.6. The summed E-state index contributed by atoms with van der Waals surface area (Å²) < 4.78 is 22.1. The molecule has 0 amide bonds. The van der Waals surface area contributed by atoms with E-state index in [1.165, 1.54) is 0 Å². The van der Waals surface area contributed by atoms with Gasteiger partial charge < -0.3 is 24.1 Å². The van der Waals surface area contributed by atoms with Gasteiger partial charge in [-0.05, 0) is 32.9 Å². The smallest absolute Gasteiger partial charge is 0.333 e. The van der Waals surface area contributed by atoms with Crippen LogP contribution in [-0.4, -0.2) is 55.8 Å². The van der Waals surface area contributed by atoms with Crippen LogP contribution >= 0.6 is 0 Å². The van der Waals surface area contributed by atoms with Crippen molar-refractivity contribution in [3.8, 4) is 5.75 Å². The first-order chi connectivity index (χ1) is 11.8. The largest absolute Gasteiger partial charge is 0.491 e. The van der Waals surface area contributed by atoms with Crippen LogP contribution in [0, 0.1) is 0 Å². The number of para-hydroxylation sites is 1. The Kier molecular flexibility index (Phi) is 9.20. The Morgan fingerprint density at radius 2 is 1.76 bits per heavy atom. The molecular formula is C19H28O6. The van der Waals surface area contributed by atoms with Crippen molar-refractivity contribution >= 4 is 5.97 Å². The molecule has 1 aromatic rings. The molecule has 0 aliphatic heterocycles. The summed E-state index contributed by atoms with van der Waals surface area (Å²) in [6, 6.07) is 9.13. The molecular weight excluding hydrogens is 324 g/mol. The summed E-state index contributed by atoms with van der Waals surface area (Å²) in [4.78, 5) is 11.1. The Morgan fingerprint density at radius 1 is 1.12 bits per heavy atom. The minimum Gasteiger partial charge on any atom is -0.491 e. The molecule has 140 valence electrons. The lowest BCUT2D eigenvalue weighted by Crippen LogP contribution is -2.29. The molecule has 25 heavy (non-hydrogen) atoms. The molecule has 1 N–H and O–H groups in total. The van der Waals surface area contributed by atoms with Crippen LogP contribution < -0.4 is 4.74 Å². The van der Waals surface area contributed by atoms with Crippen LogP contribution in [0.4, 0.5) is 0 Å². The SMILES string of the molecule is C=C(C(=O)O)C(COc1ccccc1)OCCOCCOC(C)(C)C. The maximum absolute atomic E-state index is 11.1. The summed E-state index contributed by atoms with van der Waals surface area (Å²) in [5, 5.41) is 9.12. The van der Waals surface area contributed by atoms with Crippen LogP contribution in [0.25, 0.3) is 0 Å². The van der Waals surface area contributed by atoms with Gasteiger partial charge >= 0.3 is 5.97 Å². The zero-order valence-electron chi connectivity index (χ0n) is 15.2. The molecule has 0 saturated carbocycles. The third-order valence-electron chi connectivity index (χ3n) is 3.12. The highest BCUT2D eigenvalue weighted by atomic mass is 16.6. The lowest BCUT2D eigenvalue weighted by Gasteiger charge is -2.20. The van der Waals surface area contributed by atoms with Crippen LogP contribution in [0.3, 0.4) is 0 Å². The van der Waals surface area contributed by atoms with Gasteiger partial charge in [0, 0.05) is 0 Å². The average molecular weight is 352 g/mol. The Morgan fingerprint density at radius 3 is 2.36 bits per heavy atom. The second-order valence-corrected chi connectivity index (χ2v) is 6.39. The van der Waals surface area contributed by atoms with Crippen LogP contribution in [0.2, 0.25) is 0 Å². The zero-order valence-corrected chi connectivity index (χ0v) is 15.2. The molecule has 6 nitrogen and oxygen atoms in total. The Hall–Kier alpha value is -1.89. The van der Waals surface area contributed by atoms with Gasteiger partial charge in [-0.2, -0.15) is 0 Å². The molecule has 0 aliphatic rings. The first-order valence-corrected chi connectivity index (χ1v) is 8.23. The summed E-state index contributed by atoms with van der Waals surface area (Å²) in [5.41, 5.74) is -0.245. The molecule has 0 radical (unpaired) electrons. The number of aliphatic carboxylic acids is 1. The van der Waals surface area contributed by atoms with E-state index in [-0.39, 0.29) is 24.4 Å². The number of benzene rings is 1. The van der Waals surface area contributed by atoms with Gasteiger partial charge in [-0.25, -0.2) is 4.79 Å². The molecule has 6 heteroatoms. The predicted octanol–water partition coefficient (Wildman–Crippen LogP) is 2.92. The minimum absolute atomic E-state index is 0.0491. The molecule has 0 saturated heterocycles. The second kappa shape index (κ2) is 10.9. The molecule has 0 spiro atoms. The van der Waals surface area contributed by atoms with Crippen molar-refractivity contribution in [1.29, 1.82) is 0 Å². The molecule has 0 fully saturated rings. The van der Waals surface area contributed by atoms with E-state index in [4.69, 9.17) is 24.1 Å². The summed E-state index contributed by atoms with van der Waals surface area (Å²) in [5.74, 6) is -0.467. The van der Waals surface area contributed by atoms with Gasteiger partial charge in [0.15, 0.2) is 0 Å². The van der Waals surface area contributed by atoms with Crippen molar-refractivity contribution in [1.82, 2.24) is 0 Å². The van der Waals surface area contributed by atoms with Gasteiger partial charge in [0.1, 0.15) is 18.5 Å². The highest BCUT2D eigenvalue weighted by Crippen LogP contribution is 2.12. The van der Waals surface area contributed by atoms with Crippen LogP contribution in [0.15, 0.2) is 42.5 Å². The Balaban J connectivity index is 2.31. The molecule has 1 unspecified atom stereocenters. The number of hydrogen-bond acceptors (Lipinski definition) is 5. The molecule has 0 aromatic heterocycles. The molecule has 1 aromatic carbocycles. The number of ether oxygens (including phenoxy) is 4. The topological polar surface area (TPSA) is 74.2 Å². The Labute approximate surface area is 149 Å². The number of hydrogen-bond donors (Lipinski definition) is 1. The standard InChI is InChI=1S/C19H28O6/c1-15(18(20)21)17(14-24-16-8-6-5-7-9-16)23-12-10-22-11-13-25-19(2,3)4/h5-9,17H,1,10-14H2,2-4H3,(H,20,21). The van der Waals surface area contributed by atoms with Crippen molar-refractivity contribution in [3.05, 3.63) is 42.5 Å². The van der Waals surface area contributed by atoms with Gasteiger partial charge in [0.2, 0.25) is 0 Å². The maximum atomic E-state index is 11.1. The number of carbonyl (C=O) groups is 1. The van der Waals surface area contributed by atoms with Gasteiger partial charge in [-0.1, -0.05) is 24.8 Å². The number of carboxylic acid groups (broad SMARTS) is 1. The summed E-state index contributed by atoms with van der Waals surface area (Å²) in [6.07, 6.45) is -0.743. The van der Waals surface area contributed by atoms with Crippen molar-refractivity contribution < 1.29 is 28.8 Å². The minimum atomic E-state index is -1.11. The lowest BCUT2D eigenvalue weighted by molar-refractivity contribution is -0.134. The Bertz CT molecular complexity index is 520. The van der Waals surface area contributed by atoms with Gasteiger partial charge in [-0.3, -0.25) is 0 Å². The molecule has 0 heterocycles. The monoisotopic (exact) mass is 352 g/mol. The third-order valence-corrected chi connectivity index (χ3v) is 3.12. The van der Waals surface area contributed by atoms with Crippen molar-refractivity contribution in [2.75, 3.05) is 33.0 Å². The van der Waals surface area contributed by atoms with E-state index in [9.17, 15) is 4.79 Å². The highest BCUT2D eigenvalue weighted by molar-refractivity contribution is 5.87. The second-order valence-electron chi connectivity index (χ2n) is 6.39. The molecule has 1 rings (SSSR count). The number of rotatable bonds is 12. The van der Waals surface area contributed by atoms with E-state index in [1.807, 2.05) is 39.0 Å². The highest BCUT2D eigenvalue weighted by Gasteiger charge is 2.20. The average Bonchev–Trinajstić information content (AvgIpc) is 2.56. The maximum Gasteiger partial charge on any atom is 0.333 e. The quantitative estimate of drug-likeness (QED) is 0.460. The van der Waals surface area contributed by atoms with Crippen LogP contribution in [-0.2, 0) is 19.0 Å². The fraction of sp³-hybridized carbons (Fsp3) is 0.526. The lowest BCUT2D eigenvalue weighted by atomic mass is 10.2. The van der Waals surface area contributed by atoms with Crippen LogP contribution in [0.1, 0.15) is 20.8 Å². The molecule has 1 atom stereocenters. The fourth-order valence-corrected chi connectivity index (χ4v) is 1.83. The zero-order chi connectivity index (χ0) is 18.7. The fourth-order valence-electron chi connectivity index (χ4n) is 1.83. The van der Waals surface area contributed by atoms with Crippen molar-refractivity contribution in [2.24, 2.45) is 0 Å². The van der Waals surface area contributed by atoms with E-state index < -0.39 is 12.1 Å². The summed E-state index contributed by atoms with van der Waals surface area (Å²) in [7, 11) is 0. The molecule has 0 aliphatic carbocycles. The first-order valence-electron chi connectivity index (χ1n) is 8.23. The molecule has 0 bridgehead atoms. The summed E-state index contributed by atoms with van der Waals surface area (Å²) >= 11 is 0. The van der Waals surface area contributed by atoms with Crippen molar-refractivity contribution in [2.45, 2.75) is 32.5 Å². The van der Waals surface area contributed by atoms with E-state index >= 15 is 0 Å². The van der Waals surface area contributed by atoms with Crippen molar-refractivity contribution in [3.63, 3.8) is 0 Å². The first kappa shape index (κ1) is 21.2.